The zero-order valence-electron chi connectivity index (χ0n) is 27.7. The zero-order chi connectivity index (χ0) is 32.2. The molecule has 2 unspecified atom stereocenters. The molecule has 0 radical (unpaired) electrons. The Morgan fingerprint density at radius 1 is 0.609 bits per heavy atom. The number of thiophene rings is 2. The highest BCUT2D eigenvalue weighted by molar-refractivity contribution is 7.13. The molecule has 6 heteroatoms. The van der Waals surface area contributed by atoms with Crippen molar-refractivity contribution < 1.29 is 9.59 Å². The maximum atomic E-state index is 14.7. The minimum atomic E-state index is -0.0372. The number of carbonyl (C=O) groups excluding carboxylic acids is 2. The molecular weight excluding hydrogens is 605 g/mol. The molecule has 6 rings (SSSR count). The Labute approximate surface area is 282 Å². The van der Waals surface area contributed by atoms with Crippen LogP contribution in [0.2, 0.25) is 0 Å². The molecule has 4 heterocycles. The Balaban J connectivity index is 1.50. The number of benzene rings is 2. The van der Waals surface area contributed by atoms with Crippen LogP contribution in [0, 0.1) is 11.8 Å². The van der Waals surface area contributed by atoms with E-state index in [9.17, 15) is 9.59 Å². The third-order valence-electron chi connectivity index (χ3n) is 9.86. The van der Waals surface area contributed by atoms with Crippen molar-refractivity contribution in [2.75, 3.05) is 22.9 Å². The molecule has 4 aromatic rings. The van der Waals surface area contributed by atoms with E-state index < -0.39 is 0 Å². The van der Waals surface area contributed by atoms with Gasteiger partial charge in [-0.1, -0.05) is 103 Å². The van der Waals surface area contributed by atoms with Crippen LogP contribution in [0.5, 0.6) is 0 Å². The number of hydrogen-bond acceptors (Lipinski definition) is 4. The van der Waals surface area contributed by atoms with Gasteiger partial charge in [-0.25, -0.2) is 0 Å². The summed E-state index contributed by atoms with van der Waals surface area (Å²) in [6, 6.07) is 21.2. The summed E-state index contributed by atoms with van der Waals surface area (Å²) in [5.41, 5.74) is 6.99. The summed E-state index contributed by atoms with van der Waals surface area (Å²) < 4.78 is 0. The van der Waals surface area contributed by atoms with E-state index in [1.54, 1.807) is 22.7 Å². The van der Waals surface area contributed by atoms with Crippen molar-refractivity contribution in [3.8, 4) is 20.9 Å². The molecule has 0 spiro atoms. The second-order valence-electron chi connectivity index (χ2n) is 12.8. The number of amides is 2. The fraction of sp³-hybridized carbons (Fsp3) is 0.400. The second-order valence-corrected chi connectivity index (χ2v) is 14.7. The first-order valence-electron chi connectivity index (χ1n) is 17.2. The first-order valence-corrected chi connectivity index (χ1v) is 19.0. The van der Waals surface area contributed by atoms with E-state index >= 15 is 0 Å². The average Bonchev–Trinajstić information content (AvgIpc) is 3.89. The summed E-state index contributed by atoms with van der Waals surface area (Å²) in [5.74, 6) is 0.744. The predicted octanol–water partition coefficient (Wildman–Crippen LogP) is 11.2. The van der Waals surface area contributed by atoms with Crippen LogP contribution in [0.15, 0.2) is 71.4 Å². The number of nitrogens with zero attached hydrogens (tertiary/aromatic N) is 2. The molecule has 2 aromatic carbocycles. The van der Waals surface area contributed by atoms with Crippen molar-refractivity contribution in [3.63, 3.8) is 0 Å². The number of rotatable bonds is 14. The third-order valence-corrected chi connectivity index (χ3v) is 11.7. The monoisotopic (exact) mass is 650 g/mol. The van der Waals surface area contributed by atoms with Gasteiger partial charge in [-0.05, 0) is 70.8 Å². The molecule has 240 valence electrons. The van der Waals surface area contributed by atoms with Gasteiger partial charge < -0.3 is 9.80 Å². The Bertz CT molecular complexity index is 1580. The van der Waals surface area contributed by atoms with Gasteiger partial charge in [-0.2, -0.15) is 0 Å². The van der Waals surface area contributed by atoms with Crippen LogP contribution in [0.25, 0.3) is 32.0 Å². The largest absolute Gasteiger partial charge is 0.307 e. The lowest BCUT2D eigenvalue weighted by atomic mass is 9.95. The van der Waals surface area contributed by atoms with E-state index in [0.29, 0.717) is 36.1 Å². The van der Waals surface area contributed by atoms with Gasteiger partial charge in [0.25, 0.3) is 11.8 Å². The first kappa shape index (κ1) is 32.5. The lowest BCUT2D eigenvalue weighted by Crippen LogP contribution is -2.34. The summed E-state index contributed by atoms with van der Waals surface area (Å²) in [5, 5.41) is 4.18. The molecule has 2 aliphatic heterocycles. The van der Waals surface area contributed by atoms with Crippen molar-refractivity contribution in [1.29, 1.82) is 0 Å². The summed E-state index contributed by atoms with van der Waals surface area (Å²) in [6.45, 7) is 10.2. The smallest absolute Gasteiger partial charge is 0.259 e. The third kappa shape index (κ3) is 6.26. The van der Waals surface area contributed by atoms with Crippen molar-refractivity contribution in [2.45, 2.75) is 79.1 Å². The number of unbranched alkanes of at least 4 members (excludes halogenated alkanes) is 2. The fourth-order valence-corrected chi connectivity index (χ4v) is 8.49. The van der Waals surface area contributed by atoms with E-state index in [2.05, 4.69) is 99.1 Å². The Kier molecular flexibility index (Phi) is 10.2. The van der Waals surface area contributed by atoms with E-state index in [1.807, 2.05) is 9.80 Å². The van der Waals surface area contributed by atoms with Gasteiger partial charge in [0.1, 0.15) is 0 Å². The Morgan fingerprint density at radius 2 is 1.04 bits per heavy atom. The highest BCUT2D eigenvalue weighted by Crippen LogP contribution is 2.49. The fourth-order valence-electron chi connectivity index (χ4n) is 7.04. The van der Waals surface area contributed by atoms with Crippen LogP contribution in [0.4, 0.5) is 11.4 Å². The molecule has 0 fully saturated rings. The van der Waals surface area contributed by atoms with Crippen LogP contribution in [0.3, 0.4) is 0 Å². The van der Waals surface area contributed by atoms with Crippen LogP contribution in [0.1, 0.15) is 90.2 Å². The van der Waals surface area contributed by atoms with Crippen LogP contribution in [-0.2, 0) is 9.59 Å². The van der Waals surface area contributed by atoms with Gasteiger partial charge in [0.2, 0.25) is 0 Å². The summed E-state index contributed by atoms with van der Waals surface area (Å²) >= 11 is 3.42. The minimum Gasteiger partial charge on any atom is -0.307 e. The van der Waals surface area contributed by atoms with E-state index in [1.165, 1.54) is 9.75 Å². The lowest BCUT2D eigenvalue weighted by Gasteiger charge is -2.24. The van der Waals surface area contributed by atoms with Crippen molar-refractivity contribution in [3.05, 3.63) is 82.6 Å². The van der Waals surface area contributed by atoms with E-state index in [4.69, 9.17) is 0 Å². The average molecular weight is 651 g/mol. The molecule has 0 bridgehead atoms. The summed E-state index contributed by atoms with van der Waals surface area (Å²) in [4.78, 5) is 35.8. The van der Waals surface area contributed by atoms with Gasteiger partial charge in [0.05, 0.1) is 22.5 Å². The second kappa shape index (κ2) is 14.5. The maximum absolute atomic E-state index is 14.7. The van der Waals surface area contributed by atoms with Crippen LogP contribution < -0.4 is 9.80 Å². The van der Waals surface area contributed by atoms with E-state index in [0.717, 1.165) is 85.0 Å². The van der Waals surface area contributed by atoms with Gasteiger partial charge in [0.15, 0.2) is 0 Å². The quantitative estimate of drug-likeness (QED) is 0.127. The van der Waals surface area contributed by atoms with Crippen molar-refractivity contribution in [2.24, 2.45) is 11.8 Å². The van der Waals surface area contributed by atoms with Crippen LogP contribution >= 0.6 is 22.7 Å². The van der Waals surface area contributed by atoms with Crippen molar-refractivity contribution in [1.82, 2.24) is 0 Å². The summed E-state index contributed by atoms with van der Waals surface area (Å²) in [6.07, 6.45) is 8.83. The van der Waals surface area contributed by atoms with Crippen LogP contribution in [-0.4, -0.2) is 24.9 Å². The topological polar surface area (TPSA) is 40.6 Å². The van der Waals surface area contributed by atoms with Gasteiger partial charge >= 0.3 is 0 Å². The molecule has 0 aliphatic carbocycles. The van der Waals surface area contributed by atoms with Gasteiger partial charge in [-0.3, -0.25) is 9.59 Å². The first-order chi connectivity index (χ1) is 22.5. The maximum Gasteiger partial charge on any atom is 0.259 e. The standard InChI is InChI=1S/C40H46N2O2S2/c1-5-9-13-27(7-3)25-41-33-23-29(35-15-11-21-45-35)17-19-31(33)37(39(41)43)38-32-20-18-30(36-16-12-22-46-36)24-34(32)42(40(38)44)26-28(8-4)14-10-6-2/h11-12,15-24,27-28H,5-10,13-14,25-26H2,1-4H3/b38-37+. The SMILES string of the molecule is CCCCC(CC)CN1C(=O)/C(=C2/C(=O)N(CC(CC)CCCC)c3cc(-c4cccs4)ccc32)c2ccc(-c3cccs3)cc21. The molecule has 46 heavy (non-hydrogen) atoms. The molecule has 2 aromatic heterocycles. The number of fused-ring (bicyclic) bond motifs is 2. The number of hydrogen-bond donors (Lipinski definition) is 0. The molecule has 2 amide bonds. The molecular formula is C40H46N2O2S2. The Hall–Kier alpha value is -3.48. The minimum absolute atomic E-state index is 0.0372. The predicted molar refractivity (Wildman–Crippen MR) is 198 cm³/mol. The normalized spacial score (nSPS) is 17.1. The molecule has 0 saturated carbocycles. The highest BCUT2D eigenvalue weighted by atomic mass is 32.1. The molecule has 0 N–H and O–H groups in total. The lowest BCUT2D eigenvalue weighted by molar-refractivity contribution is -0.114. The molecule has 4 nitrogen and oxygen atoms in total. The molecule has 2 atom stereocenters. The van der Waals surface area contributed by atoms with Gasteiger partial charge in [0, 0.05) is 34.0 Å². The van der Waals surface area contributed by atoms with Gasteiger partial charge in [-0.15, -0.1) is 22.7 Å². The number of anilines is 2. The zero-order valence-corrected chi connectivity index (χ0v) is 29.3. The highest BCUT2D eigenvalue weighted by Gasteiger charge is 2.43. The Morgan fingerprint density at radius 3 is 1.39 bits per heavy atom. The summed E-state index contributed by atoms with van der Waals surface area (Å²) in [7, 11) is 0. The van der Waals surface area contributed by atoms with Crippen molar-refractivity contribution >= 4 is 57.0 Å². The van der Waals surface area contributed by atoms with E-state index in [-0.39, 0.29) is 11.8 Å². The molecule has 2 aliphatic rings. The molecule has 0 saturated heterocycles. The number of carbonyl (C=O) groups is 2.